The molecule has 3 N–H and O–H groups in total. The fourth-order valence-electron chi connectivity index (χ4n) is 2.33. The lowest BCUT2D eigenvalue weighted by Crippen LogP contribution is -2.04. The molecule has 20 heavy (non-hydrogen) atoms. The molecular formula is C16H13ClN2O. The van der Waals surface area contributed by atoms with Crippen LogP contribution >= 0.6 is 11.6 Å². The van der Waals surface area contributed by atoms with Gasteiger partial charge in [-0.1, -0.05) is 29.8 Å². The molecule has 0 saturated heterocycles. The fourth-order valence-corrected chi connectivity index (χ4v) is 2.56. The first kappa shape index (κ1) is 12.8. The minimum Gasteiger partial charge on any atom is -0.399 e. The van der Waals surface area contributed by atoms with E-state index in [1.807, 2.05) is 25.1 Å². The molecule has 4 heteroatoms. The maximum absolute atomic E-state index is 12.7. The Morgan fingerprint density at radius 3 is 2.80 bits per heavy atom. The monoisotopic (exact) mass is 284 g/mol. The number of carbonyl (C=O) groups is 1. The third-order valence-corrected chi connectivity index (χ3v) is 3.73. The molecular weight excluding hydrogens is 272 g/mol. The number of nitrogens with two attached hydrogens (primary N) is 1. The number of hydrogen-bond donors (Lipinski definition) is 2. The summed E-state index contributed by atoms with van der Waals surface area (Å²) in [5.74, 6) is -0.0525. The summed E-state index contributed by atoms with van der Waals surface area (Å²) >= 11 is 6.12. The van der Waals surface area contributed by atoms with Gasteiger partial charge in [-0.25, -0.2) is 0 Å². The smallest absolute Gasteiger partial charge is 0.195 e. The van der Waals surface area contributed by atoms with Gasteiger partial charge in [0.1, 0.15) is 0 Å². The van der Waals surface area contributed by atoms with E-state index in [4.69, 9.17) is 17.3 Å². The highest BCUT2D eigenvalue weighted by atomic mass is 35.5. The summed E-state index contributed by atoms with van der Waals surface area (Å²) in [7, 11) is 0. The van der Waals surface area contributed by atoms with Gasteiger partial charge in [0.2, 0.25) is 0 Å². The number of rotatable bonds is 2. The van der Waals surface area contributed by atoms with E-state index >= 15 is 0 Å². The zero-order valence-corrected chi connectivity index (χ0v) is 11.7. The molecule has 3 aromatic rings. The zero-order valence-electron chi connectivity index (χ0n) is 10.9. The normalized spacial score (nSPS) is 10.9. The van der Waals surface area contributed by atoms with Crippen LogP contribution in [0, 0.1) is 6.92 Å². The topological polar surface area (TPSA) is 58.9 Å². The van der Waals surface area contributed by atoms with Crippen LogP contribution in [0.15, 0.2) is 42.6 Å². The number of fused-ring (bicyclic) bond motifs is 1. The Hall–Kier alpha value is -2.26. The number of H-pyrrole nitrogens is 1. The minimum absolute atomic E-state index is 0.0525. The summed E-state index contributed by atoms with van der Waals surface area (Å²) in [6.07, 6.45) is 1.70. The molecule has 0 saturated carbocycles. The minimum atomic E-state index is -0.0525. The Labute approximate surface area is 121 Å². The summed E-state index contributed by atoms with van der Waals surface area (Å²) in [6.45, 7) is 1.90. The van der Waals surface area contributed by atoms with Crippen molar-refractivity contribution in [2.75, 3.05) is 5.73 Å². The third kappa shape index (κ3) is 1.96. The zero-order chi connectivity index (χ0) is 14.3. The second-order valence-electron chi connectivity index (χ2n) is 4.77. The molecule has 0 aliphatic carbocycles. The van der Waals surface area contributed by atoms with Crippen molar-refractivity contribution in [1.29, 1.82) is 0 Å². The lowest BCUT2D eigenvalue weighted by atomic mass is 9.98. The summed E-state index contributed by atoms with van der Waals surface area (Å²) in [5, 5.41) is 1.43. The van der Waals surface area contributed by atoms with E-state index in [9.17, 15) is 4.79 Å². The molecule has 0 aliphatic heterocycles. The van der Waals surface area contributed by atoms with E-state index < -0.39 is 0 Å². The number of para-hydroxylation sites is 1. The molecule has 100 valence electrons. The van der Waals surface area contributed by atoms with Crippen molar-refractivity contribution in [2.24, 2.45) is 0 Å². The summed E-state index contributed by atoms with van der Waals surface area (Å²) in [5.41, 5.74) is 9.26. The number of benzene rings is 2. The van der Waals surface area contributed by atoms with E-state index in [1.165, 1.54) is 0 Å². The Kier molecular flexibility index (Phi) is 2.99. The van der Waals surface area contributed by atoms with Gasteiger partial charge >= 0.3 is 0 Å². The summed E-state index contributed by atoms with van der Waals surface area (Å²) < 4.78 is 0. The molecule has 0 unspecified atom stereocenters. The lowest BCUT2D eigenvalue weighted by molar-refractivity contribution is 0.104. The number of ketones is 1. The number of aromatic amines is 1. The molecule has 1 heterocycles. The number of carbonyl (C=O) groups excluding carboxylic acids is 1. The van der Waals surface area contributed by atoms with Crippen LogP contribution in [0.2, 0.25) is 5.02 Å². The molecule has 1 aromatic heterocycles. The molecule has 0 radical (unpaired) electrons. The molecule has 0 spiro atoms. The third-order valence-electron chi connectivity index (χ3n) is 3.42. The summed E-state index contributed by atoms with van der Waals surface area (Å²) in [4.78, 5) is 15.7. The largest absolute Gasteiger partial charge is 0.399 e. The van der Waals surface area contributed by atoms with Crippen LogP contribution in [0.5, 0.6) is 0 Å². The molecule has 3 nitrogen and oxygen atoms in total. The quantitative estimate of drug-likeness (QED) is 0.553. The van der Waals surface area contributed by atoms with E-state index in [-0.39, 0.29) is 5.78 Å². The Morgan fingerprint density at radius 2 is 2.00 bits per heavy atom. The van der Waals surface area contributed by atoms with Gasteiger partial charge < -0.3 is 10.7 Å². The molecule has 0 aliphatic rings. The number of aryl methyl sites for hydroxylation is 1. The average Bonchev–Trinajstić information content (AvgIpc) is 2.86. The van der Waals surface area contributed by atoms with E-state index in [2.05, 4.69) is 4.98 Å². The van der Waals surface area contributed by atoms with E-state index in [0.29, 0.717) is 21.8 Å². The molecule has 0 atom stereocenters. The Morgan fingerprint density at radius 1 is 1.20 bits per heavy atom. The fraction of sp³-hybridized carbons (Fsp3) is 0.0625. The number of nitrogen functional groups attached to an aromatic ring is 1. The predicted molar refractivity (Wildman–Crippen MR) is 82.3 cm³/mol. The van der Waals surface area contributed by atoms with Gasteiger partial charge in [-0.05, 0) is 30.7 Å². The molecule has 0 fully saturated rings. The number of nitrogens with one attached hydrogen (secondary N) is 1. The number of anilines is 1. The van der Waals surface area contributed by atoms with Crippen molar-refractivity contribution in [2.45, 2.75) is 6.92 Å². The number of halogens is 1. The van der Waals surface area contributed by atoms with Crippen LogP contribution in [0.3, 0.4) is 0 Å². The molecule has 3 rings (SSSR count). The highest BCUT2D eigenvalue weighted by molar-refractivity contribution is 6.35. The first-order valence-corrected chi connectivity index (χ1v) is 6.62. The van der Waals surface area contributed by atoms with Gasteiger partial charge in [0.05, 0.1) is 10.5 Å². The van der Waals surface area contributed by atoms with Crippen LogP contribution in [0.1, 0.15) is 21.5 Å². The molecule has 2 aromatic carbocycles. The number of aromatic nitrogens is 1. The maximum Gasteiger partial charge on any atom is 0.195 e. The van der Waals surface area contributed by atoms with Crippen LogP contribution in [0.4, 0.5) is 5.69 Å². The highest BCUT2D eigenvalue weighted by Gasteiger charge is 2.17. The molecule has 0 bridgehead atoms. The molecule has 0 amide bonds. The van der Waals surface area contributed by atoms with E-state index in [1.54, 1.807) is 24.4 Å². The second-order valence-corrected chi connectivity index (χ2v) is 5.18. The number of hydrogen-bond acceptors (Lipinski definition) is 2. The maximum atomic E-state index is 12.7. The first-order valence-electron chi connectivity index (χ1n) is 6.24. The first-order chi connectivity index (χ1) is 9.58. The van der Waals surface area contributed by atoms with Crippen molar-refractivity contribution < 1.29 is 4.79 Å². The van der Waals surface area contributed by atoms with Crippen molar-refractivity contribution in [3.8, 4) is 0 Å². The van der Waals surface area contributed by atoms with E-state index in [0.717, 1.165) is 16.5 Å². The highest BCUT2D eigenvalue weighted by Crippen LogP contribution is 2.27. The summed E-state index contributed by atoms with van der Waals surface area (Å²) in [6, 6.07) is 10.9. The standard InChI is InChI=1S/C16H13ClN2O/c1-9-5-6-10(18)7-12(9)16(20)13-8-19-15-11(13)3-2-4-14(15)17/h2-8,19H,18H2,1H3. The van der Waals surface area contributed by atoms with Gasteiger partial charge in [-0.2, -0.15) is 0 Å². The second kappa shape index (κ2) is 4.69. The van der Waals surface area contributed by atoms with Crippen molar-refractivity contribution in [3.63, 3.8) is 0 Å². The van der Waals surface area contributed by atoms with Gasteiger partial charge in [0, 0.05) is 28.4 Å². The van der Waals surface area contributed by atoms with Gasteiger partial charge in [-0.3, -0.25) is 4.79 Å². The van der Waals surface area contributed by atoms with Gasteiger partial charge in [0.15, 0.2) is 5.78 Å². The van der Waals surface area contributed by atoms with Crippen molar-refractivity contribution in [3.05, 3.63) is 64.3 Å². The van der Waals surface area contributed by atoms with Gasteiger partial charge in [-0.15, -0.1) is 0 Å². The Balaban J connectivity index is 2.18. The van der Waals surface area contributed by atoms with Crippen LogP contribution in [-0.4, -0.2) is 10.8 Å². The van der Waals surface area contributed by atoms with Gasteiger partial charge in [0.25, 0.3) is 0 Å². The predicted octanol–water partition coefficient (Wildman–Crippen LogP) is 3.94. The van der Waals surface area contributed by atoms with Crippen molar-refractivity contribution >= 4 is 34.0 Å². The van der Waals surface area contributed by atoms with Crippen LogP contribution in [0.25, 0.3) is 10.9 Å². The Bertz CT molecular complexity index is 820. The average molecular weight is 285 g/mol. The SMILES string of the molecule is Cc1ccc(N)cc1C(=O)c1c[nH]c2c(Cl)cccc12. The lowest BCUT2D eigenvalue weighted by Gasteiger charge is -2.05. The van der Waals surface area contributed by atoms with Crippen molar-refractivity contribution in [1.82, 2.24) is 4.98 Å². The van der Waals surface area contributed by atoms with Crippen LogP contribution in [-0.2, 0) is 0 Å². The van der Waals surface area contributed by atoms with Crippen LogP contribution < -0.4 is 5.73 Å².